The Morgan fingerprint density at radius 1 is 1.59 bits per heavy atom. The highest BCUT2D eigenvalue weighted by molar-refractivity contribution is 7.99. The van der Waals surface area contributed by atoms with Crippen molar-refractivity contribution in [3.8, 4) is 5.88 Å². The molecule has 1 aromatic heterocycles. The Bertz CT molecular complexity index is 372. The van der Waals surface area contributed by atoms with Crippen LogP contribution in [0.5, 0.6) is 5.88 Å². The first-order valence-electron chi connectivity index (χ1n) is 6.10. The zero-order valence-corrected chi connectivity index (χ0v) is 11.6. The molecule has 1 aliphatic heterocycles. The van der Waals surface area contributed by atoms with Crippen LogP contribution >= 0.6 is 11.8 Å². The Balaban J connectivity index is 1.97. The number of aryl methyl sites for hydroxylation is 2. The van der Waals surface area contributed by atoms with Gasteiger partial charge < -0.3 is 10.1 Å². The second kappa shape index (κ2) is 5.78. The molecule has 0 aromatic carbocycles. The van der Waals surface area contributed by atoms with E-state index in [4.69, 9.17) is 4.74 Å². The molecule has 1 saturated heterocycles. The Morgan fingerprint density at radius 2 is 2.41 bits per heavy atom. The molecule has 1 fully saturated rings. The number of nitrogens with zero attached hydrogens (tertiary/aromatic N) is 2. The number of hydrogen-bond acceptors (Lipinski definition) is 4. The molecule has 1 aliphatic rings. The van der Waals surface area contributed by atoms with Gasteiger partial charge in [-0.25, -0.2) is 4.68 Å². The highest BCUT2D eigenvalue weighted by Gasteiger charge is 2.17. The van der Waals surface area contributed by atoms with E-state index in [1.807, 2.05) is 30.4 Å². The predicted molar refractivity (Wildman–Crippen MR) is 71.7 cm³/mol. The molecule has 0 amide bonds. The minimum absolute atomic E-state index is 0.637. The van der Waals surface area contributed by atoms with Crippen molar-refractivity contribution in [3.63, 3.8) is 0 Å². The lowest BCUT2D eigenvalue weighted by molar-refractivity contribution is 0.366. The van der Waals surface area contributed by atoms with Gasteiger partial charge in [0.2, 0.25) is 5.88 Å². The van der Waals surface area contributed by atoms with Gasteiger partial charge in [-0.1, -0.05) is 0 Å². The van der Waals surface area contributed by atoms with Crippen molar-refractivity contribution < 1.29 is 4.74 Å². The number of aromatic nitrogens is 2. The second-order valence-electron chi connectivity index (χ2n) is 4.49. The summed E-state index contributed by atoms with van der Waals surface area (Å²) < 4.78 is 7.20. The number of methoxy groups -OCH3 is 1. The van der Waals surface area contributed by atoms with Gasteiger partial charge in [0.05, 0.1) is 18.4 Å². The normalized spacial score (nSPS) is 20.5. The van der Waals surface area contributed by atoms with Crippen LogP contribution in [0.1, 0.15) is 24.1 Å². The van der Waals surface area contributed by atoms with Gasteiger partial charge in [-0.2, -0.15) is 16.9 Å². The van der Waals surface area contributed by atoms with E-state index in [9.17, 15) is 0 Å². The lowest BCUT2D eigenvalue weighted by atomic mass is 10.1. The Morgan fingerprint density at radius 3 is 3.06 bits per heavy atom. The van der Waals surface area contributed by atoms with Crippen molar-refractivity contribution in [3.05, 3.63) is 11.3 Å². The molecule has 1 unspecified atom stereocenters. The molecule has 2 heterocycles. The number of nitrogens with one attached hydrogen (secondary N) is 1. The first-order valence-corrected chi connectivity index (χ1v) is 7.25. The van der Waals surface area contributed by atoms with Gasteiger partial charge in [0.15, 0.2) is 0 Å². The summed E-state index contributed by atoms with van der Waals surface area (Å²) in [6.07, 6.45) is 2.61. The van der Waals surface area contributed by atoms with Crippen molar-refractivity contribution in [2.24, 2.45) is 7.05 Å². The molecule has 17 heavy (non-hydrogen) atoms. The summed E-state index contributed by atoms with van der Waals surface area (Å²) in [7, 11) is 3.63. The van der Waals surface area contributed by atoms with E-state index in [1.165, 1.54) is 29.9 Å². The maximum atomic E-state index is 5.39. The fourth-order valence-corrected chi connectivity index (χ4v) is 3.39. The molecule has 0 radical (unpaired) electrons. The Labute approximate surface area is 107 Å². The summed E-state index contributed by atoms with van der Waals surface area (Å²) >= 11 is 2.04. The lowest BCUT2D eigenvalue weighted by Crippen LogP contribution is -2.33. The standard InChI is InChI=1S/C12H21N3OS/c1-9-11(12(16-3)15(2)14-9)7-13-10-5-4-6-17-8-10/h10,13H,4-8H2,1-3H3. The van der Waals surface area contributed by atoms with E-state index in [0.29, 0.717) is 6.04 Å². The molecule has 1 aromatic rings. The van der Waals surface area contributed by atoms with Crippen LogP contribution in [-0.4, -0.2) is 34.4 Å². The summed E-state index contributed by atoms with van der Waals surface area (Å²) in [4.78, 5) is 0. The monoisotopic (exact) mass is 255 g/mol. The highest BCUT2D eigenvalue weighted by atomic mass is 32.2. The van der Waals surface area contributed by atoms with E-state index in [2.05, 4.69) is 10.4 Å². The number of rotatable bonds is 4. The third-order valence-corrected chi connectivity index (χ3v) is 4.43. The van der Waals surface area contributed by atoms with Crippen LogP contribution in [0.2, 0.25) is 0 Å². The van der Waals surface area contributed by atoms with Crippen molar-refractivity contribution >= 4 is 11.8 Å². The largest absolute Gasteiger partial charge is 0.481 e. The van der Waals surface area contributed by atoms with Gasteiger partial charge >= 0.3 is 0 Å². The van der Waals surface area contributed by atoms with Crippen LogP contribution in [0.3, 0.4) is 0 Å². The summed E-state index contributed by atoms with van der Waals surface area (Å²) in [6, 6.07) is 0.637. The Hall–Kier alpha value is -0.680. The predicted octanol–water partition coefficient (Wildman–Crippen LogP) is 1.72. The van der Waals surface area contributed by atoms with Gasteiger partial charge in [-0.3, -0.25) is 0 Å². The van der Waals surface area contributed by atoms with E-state index in [1.54, 1.807) is 7.11 Å². The third kappa shape index (κ3) is 2.96. The quantitative estimate of drug-likeness (QED) is 0.889. The summed E-state index contributed by atoms with van der Waals surface area (Å²) in [5, 5.41) is 8.00. The highest BCUT2D eigenvalue weighted by Crippen LogP contribution is 2.22. The summed E-state index contributed by atoms with van der Waals surface area (Å²) in [5.74, 6) is 3.41. The summed E-state index contributed by atoms with van der Waals surface area (Å²) in [6.45, 7) is 2.89. The lowest BCUT2D eigenvalue weighted by Gasteiger charge is -2.22. The fourth-order valence-electron chi connectivity index (χ4n) is 2.29. The average molecular weight is 255 g/mol. The SMILES string of the molecule is COc1c(CNC2CCCSC2)c(C)nn1C. The van der Waals surface area contributed by atoms with Crippen LogP contribution in [0.4, 0.5) is 0 Å². The van der Waals surface area contributed by atoms with Crippen LogP contribution in [0.25, 0.3) is 0 Å². The molecular formula is C12H21N3OS. The first-order chi connectivity index (χ1) is 8.22. The summed E-state index contributed by atoms with van der Waals surface area (Å²) in [5.41, 5.74) is 2.24. The van der Waals surface area contributed by atoms with Gasteiger partial charge in [0, 0.05) is 25.4 Å². The van der Waals surface area contributed by atoms with Crippen LogP contribution in [0.15, 0.2) is 0 Å². The van der Waals surface area contributed by atoms with Crippen molar-refractivity contribution in [2.75, 3.05) is 18.6 Å². The topological polar surface area (TPSA) is 39.1 Å². The van der Waals surface area contributed by atoms with E-state index in [0.717, 1.165) is 18.1 Å². The molecule has 1 N–H and O–H groups in total. The minimum Gasteiger partial charge on any atom is -0.481 e. The zero-order chi connectivity index (χ0) is 12.3. The van der Waals surface area contributed by atoms with Gasteiger partial charge in [-0.15, -0.1) is 0 Å². The van der Waals surface area contributed by atoms with Crippen LogP contribution < -0.4 is 10.1 Å². The minimum atomic E-state index is 0.637. The maximum absolute atomic E-state index is 5.39. The molecule has 1 atom stereocenters. The molecule has 2 rings (SSSR count). The van der Waals surface area contributed by atoms with Crippen LogP contribution in [0, 0.1) is 6.92 Å². The molecule has 0 bridgehead atoms. The van der Waals surface area contributed by atoms with Gasteiger partial charge in [-0.05, 0) is 25.5 Å². The number of ether oxygens (including phenoxy) is 1. The smallest absolute Gasteiger partial charge is 0.216 e. The van der Waals surface area contributed by atoms with Crippen molar-refractivity contribution in [1.29, 1.82) is 0 Å². The van der Waals surface area contributed by atoms with Crippen molar-refractivity contribution in [2.45, 2.75) is 32.4 Å². The van der Waals surface area contributed by atoms with Gasteiger partial charge in [0.25, 0.3) is 0 Å². The molecule has 96 valence electrons. The molecular weight excluding hydrogens is 234 g/mol. The Kier molecular flexibility index (Phi) is 4.34. The van der Waals surface area contributed by atoms with Crippen molar-refractivity contribution in [1.82, 2.24) is 15.1 Å². The second-order valence-corrected chi connectivity index (χ2v) is 5.64. The fraction of sp³-hybridized carbons (Fsp3) is 0.750. The van der Waals surface area contributed by atoms with E-state index < -0.39 is 0 Å². The molecule has 0 saturated carbocycles. The molecule has 0 aliphatic carbocycles. The number of hydrogen-bond donors (Lipinski definition) is 1. The molecule has 4 nitrogen and oxygen atoms in total. The third-order valence-electron chi connectivity index (χ3n) is 3.21. The first kappa shape index (κ1) is 12.8. The van der Waals surface area contributed by atoms with Gasteiger partial charge in [0.1, 0.15) is 0 Å². The van der Waals surface area contributed by atoms with E-state index >= 15 is 0 Å². The molecule has 0 spiro atoms. The average Bonchev–Trinajstić information content (AvgIpc) is 2.62. The molecule has 5 heteroatoms. The zero-order valence-electron chi connectivity index (χ0n) is 10.8. The maximum Gasteiger partial charge on any atom is 0.216 e. The number of thioether (sulfide) groups is 1. The van der Waals surface area contributed by atoms with Crippen LogP contribution in [-0.2, 0) is 13.6 Å². The van der Waals surface area contributed by atoms with E-state index in [-0.39, 0.29) is 0 Å².